The maximum atomic E-state index is 14.2. The number of carbonyl (C=O) groups excluding carboxylic acids is 2. The number of nitrogens with zero attached hydrogens (tertiary/aromatic N) is 1. The van der Waals surface area contributed by atoms with Crippen LogP contribution in [0.25, 0.3) is 27.9 Å². The van der Waals surface area contributed by atoms with Crippen LogP contribution in [0, 0.1) is 5.82 Å². The van der Waals surface area contributed by atoms with Crippen molar-refractivity contribution in [3.05, 3.63) is 113 Å². The first kappa shape index (κ1) is 23.1. The van der Waals surface area contributed by atoms with E-state index in [2.05, 4.69) is 15.6 Å². The van der Waals surface area contributed by atoms with Crippen molar-refractivity contribution in [2.24, 2.45) is 7.05 Å². The van der Waals surface area contributed by atoms with Gasteiger partial charge in [0, 0.05) is 53.4 Å². The van der Waals surface area contributed by atoms with Gasteiger partial charge in [0.15, 0.2) is 0 Å². The van der Waals surface area contributed by atoms with Crippen molar-refractivity contribution >= 4 is 39.7 Å². The van der Waals surface area contributed by atoms with Crippen molar-refractivity contribution in [2.75, 3.05) is 6.54 Å². The molecule has 3 N–H and O–H groups in total. The van der Waals surface area contributed by atoms with Crippen molar-refractivity contribution in [1.82, 2.24) is 20.2 Å². The average molecular weight is 481 g/mol. The van der Waals surface area contributed by atoms with E-state index in [1.807, 2.05) is 72.5 Å². The number of carbonyl (C=O) groups is 2. The molecule has 0 saturated carbocycles. The van der Waals surface area contributed by atoms with Gasteiger partial charge < -0.3 is 20.2 Å². The molecule has 0 radical (unpaired) electrons. The molecule has 7 heteroatoms. The van der Waals surface area contributed by atoms with Crippen molar-refractivity contribution in [2.45, 2.75) is 6.42 Å². The van der Waals surface area contributed by atoms with Crippen LogP contribution in [0.3, 0.4) is 0 Å². The Morgan fingerprint density at radius 3 is 2.53 bits per heavy atom. The van der Waals surface area contributed by atoms with Gasteiger partial charge in [0.25, 0.3) is 11.8 Å². The maximum Gasteiger partial charge on any atom is 0.267 e. The Kier molecular flexibility index (Phi) is 6.36. The van der Waals surface area contributed by atoms with E-state index in [0.717, 1.165) is 32.9 Å². The van der Waals surface area contributed by atoms with Gasteiger partial charge in [-0.25, -0.2) is 4.39 Å². The number of H-pyrrole nitrogens is 1. The molecule has 180 valence electrons. The molecule has 2 heterocycles. The molecule has 0 saturated heterocycles. The van der Waals surface area contributed by atoms with Crippen LogP contribution in [-0.4, -0.2) is 27.9 Å². The molecule has 3 aromatic carbocycles. The summed E-state index contributed by atoms with van der Waals surface area (Å²) in [5.41, 5.74) is 3.78. The van der Waals surface area contributed by atoms with E-state index in [-0.39, 0.29) is 11.3 Å². The lowest BCUT2D eigenvalue weighted by Crippen LogP contribution is -2.36. The lowest BCUT2D eigenvalue weighted by atomic mass is 10.1. The highest BCUT2D eigenvalue weighted by molar-refractivity contribution is 6.06. The number of aryl methyl sites for hydroxylation is 1. The predicted molar refractivity (Wildman–Crippen MR) is 140 cm³/mol. The van der Waals surface area contributed by atoms with Crippen LogP contribution in [0.1, 0.15) is 21.5 Å². The van der Waals surface area contributed by atoms with Crippen LogP contribution in [0.2, 0.25) is 0 Å². The molecule has 0 aliphatic carbocycles. The van der Waals surface area contributed by atoms with Gasteiger partial charge in [-0.15, -0.1) is 0 Å². The fourth-order valence-corrected chi connectivity index (χ4v) is 4.38. The summed E-state index contributed by atoms with van der Waals surface area (Å²) in [5, 5.41) is 7.56. The van der Waals surface area contributed by atoms with Gasteiger partial charge in [-0.2, -0.15) is 0 Å². The molecule has 6 nitrogen and oxygen atoms in total. The molecular formula is C29H25FN4O2. The van der Waals surface area contributed by atoms with E-state index >= 15 is 0 Å². The first-order valence-electron chi connectivity index (χ1n) is 11.7. The Hall–Kier alpha value is -4.65. The summed E-state index contributed by atoms with van der Waals surface area (Å²) in [6, 6.07) is 21.4. The molecule has 0 aliphatic rings. The summed E-state index contributed by atoms with van der Waals surface area (Å²) < 4.78 is 16.2. The molecule has 5 rings (SSSR count). The van der Waals surface area contributed by atoms with Gasteiger partial charge in [0.2, 0.25) is 0 Å². The summed E-state index contributed by atoms with van der Waals surface area (Å²) >= 11 is 0. The quantitative estimate of drug-likeness (QED) is 0.289. The molecule has 0 bridgehead atoms. The lowest BCUT2D eigenvalue weighted by molar-refractivity contribution is -0.117. The van der Waals surface area contributed by atoms with Gasteiger partial charge in [0.05, 0.1) is 5.56 Å². The third-order valence-electron chi connectivity index (χ3n) is 6.19. The molecule has 0 spiro atoms. The number of nitrogens with one attached hydrogen (secondary N) is 3. The number of rotatable bonds is 7. The topological polar surface area (TPSA) is 78.9 Å². The van der Waals surface area contributed by atoms with E-state index in [0.29, 0.717) is 13.0 Å². The monoisotopic (exact) mass is 480 g/mol. The smallest absolute Gasteiger partial charge is 0.267 e. The van der Waals surface area contributed by atoms with Crippen LogP contribution in [0.5, 0.6) is 0 Å². The number of benzene rings is 3. The first-order chi connectivity index (χ1) is 17.5. The number of para-hydroxylation sites is 2. The highest BCUT2D eigenvalue weighted by atomic mass is 19.1. The van der Waals surface area contributed by atoms with Crippen molar-refractivity contribution < 1.29 is 14.0 Å². The van der Waals surface area contributed by atoms with Crippen molar-refractivity contribution in [1.29, 1.82) is 0 Å². The fraction of sp³-hybridized carbons (Fsp3) is 0.103. The van der Waals surface area contributed by atoms with Crippen molar-refractivity contribution in [3.8, 4) is 0 Å². The van der Waals surface area contributed by atoms with Crippen LogP contribution < -0.4 is 10.6 Å². The lowest BCUT2D eigenvalue weighted by Gasteiger charge is -2.11. The zero-order chi connectivity index (χ0) is 25.1. The van der Waals surface area contributed by atoms with Gasteiger partial charge in [-0.1, -0.05) is 48.5 Å². The number of hydrogen-bond acceptors (Lipinski definition) is 2. The second-order valence-corrected chi connectivity index (χ2v) is 8.57. The SMILES string of the molecule is Cn1cc(C=C(NC(=O)c2ccccc2F)C(=O)NCCc2c[nH]c3ccccc23)c2ccccc21. The largest absolute Gasteiger partial charge is 0.361 e. The number of halogens is 1. The average Bonchev–Trinajstić information content (AvgIpc) is 3.44. The zero-order valence-electron chi connectivity index (χ0n) is 19.7. The number of aromatic nitrogens is 2. The molecule has 36 heavy (non-hydrogen) atoms. The molecular weight excluding hydrogens is 455 g/mol. The maximum absolute atomic E-state index is 14.2. The number of amides is 2. The summed E-state index contributed by atoms with van der Waals surface area (Å²) in [4.78, 5) is 29.3. The fourth-order valence-electron chi connectivity index (χ4n) is 4.38. The minimum atomic E-state index is -0.689. The Morgan fingerprint density at radius 1 is 0.972 bits per heavy atom. The van der Waals surface area contributed by atoms with E-state index in [9.17, 15) is 14.0 Å². The molecule has 2 aromatic heterocycles. The zero-order valence-corrected chi connectivity index (χ0v) is 19.7. The van der Waals surface area contributed by atoms with E-state index < -0.39 is 17.6 Å². The second kappa shape index (κ2) is 9.92. The van der Waals surface area contributed by atoms with Gasteiger partial charge in [-0.3, -0.25) is 9.59 Å². The molecule has 0 aliphatic heterocycles. The number of fused-ring (bicyclic) bond motifs is 2. The van der Waals surface area contributed by atoms with E-state index in [1.54, 1.807) is 12.1 Å². The van der Waals surface area contributed by atoms with Crippen LogP contribution in [-0.2, 0) is 18.3 Å². The standard InChI is InChI=1S/C29H25FN4O2/c1-34-18-20(22-9-4-7-13-27(22)34)16-26(33-28(35)23-10-2-5-11-24(23)30)29(36)31-15-14-19-17-32-25-12-6-3-8-21(19)25/h2-13,16-18,32H,14-15H2,1H3,(H,31,36)(H,33,35). The summed E-state index contributed by atoms with van der Waals surface area (Å²) in [5.74, 6) is -1.79. The minimum Gasteiger partial charge on any atom is -0.361 e. The Morgan fingerprint density at radius 2 is 1.69 bits per heavy atom. The molecule has 0 atom stereocenters. The Bertz CT molecular complexity index is 1610. The van der Waals surface area contributed by atoms with Crippen LogP contribution in [0.4, 0.5) is 4.39 Å². The highest BCUT2D eigenvalue weighted by Crippen LogP contribution is 2.23. The predicted octanol–water partition coefficient (Wildman–Crippen LogP) is 4.93. The van der Waals surface area contributed by atoms with Gasteiger partial charge >= 0.3 is 0 Å². The Labute approximate surface area is 207 Å². The first-order valence-corrected chi connectivity index (χ1v) is 11.7. The summed E-state index contributed by atoms with van der Waals surface area (Å²) in [6.07, 6.45) is 6.06. The highest BCUT2D eigenvalue weighted by Gasteiger charge is 2.18. The molecule has 5 aromatic rings. The van der Waals surface area contributed by atoms with Crippen molar-refractivity contribution in [3.63, 3.8) is 0 Å². The molecule has 0 fully saturated rings. The third-order valence-corrected chi connectivity index (χ3v) is 6.19. The molecule has 0 unspecified atom stereocenters. The normalized spacial score (nSPS) is 11.7. The number of hydrogen-bond donors (Lipinski definition) is 3. The summed E-state index contributed by atoms with van der Waals surface area (Å²) in [7, 11) is 1.92. The number of aromatic amines is 1. The van der Waals surface area contributed by atoms with Crippen LogP contribution in [0.15, 0.2) is 90.9 Å². The van der Waals surface area contributed by atoms with E-state index in [4.69, 9.17) is 0 Å². The second-order valence-electron chi connectivity index (χ2n) is 8.57. The summed E-state index contributed by atoms with van der Waals surface area (Å²) in [6.45, 7) is 0.364. The minimum absolute atomic E-state index is 0.0403. The van der Waals surface area contributed by atoms with Gasteiger partial charge in [-0.05, 0) is 42.3 Å². The van der Waals surface area contributed by atoms with Gasteiger partial charge in [0.1, 0.15) is 11.5 Å². The van der Waals surface area contributed by atoms with Crippen LogP contribution >= 0.6 is 0 Å². The Balaban J connectivity index is 1.40. The third kappa shape index (κ3) is 4.63. The van der Waals surface area contributed by atoms with E-state index in [1.165, 1.54) is 18.2 Å². The molecule has 2 amide bonds.